The molecule has 26 heavy (non-hydrogen) atoms. The maximum Gasteiger partial charge on any atom is 0.257 e. The van der Waals surface area contributed by atoms with Gasteiger partial charge < -0.3 is 9.64 Å². The van der Waals surface area contributed by atoms with E-state index >= 15 is 0 Å². The van der Waals surface area contributed by atoms with Gasteiger partial charge in [-0.25, -0.2) is 9.29 Å². The summed E-state index contributed by atoms with van der Waals surface area (Å²) < 4.78 is 18.4. The van der Waals surface area contributed by atoms with E-state index < -0.39 is 17.8 Å². The van der Waals surface area contributed by atoms with Gasteiger partial charge in [-0.1, -0.05) is 0 Å². The summed E-state index contributed by atoms with van der Waals surface area (Å²) in [6.45, 7) is 5.26. The maximum absolute atomic E-state index is 13.1. The van der Waals surface area contributed by atoms with E-state index in [0.29, 0.717) is 32.0 Å². The zero-order chi connectivity index (χ0) is 18.7. The summed E-state index contributed by atoms with van der Waals surface area (Å²) >= 11 is 0. The lowest BCUT2D eigenvalue weighted by Crippen LogP contribution is -2.49. The Morgan fingerprint density at radius 2 is 1.88 bits per heavy atom. The second kappa shape index (κ2) is 7.92. The van der Waals surface area contributed by atoms with E-state index in [1.807, 2.05) is 0 Å². The predicted octanol–water partition coefficient (Wildman–Crippen LogP) is 0.638. The Bertz CT molecular complexity index is 688. The molecule has 3 amide bonds. The molecular formula is C18H22FN3O4. The first-order valence-corrected chi connectivity index (χ1v) is 8.67. The predicted molar refractivity (Wildman–Crippen MR) is 91.9 cm³/mol. The van der Waals surface area contributed by atoms with Crippen LogP contribution in [0.4, 0.5) is 10.1 Å². The van der Waals surface area contributed by atoms with Crippen molar-refractivity contribution < 1.29 is 23.5 Å². The van der Waals surface area contributed by atoms with Crippen molar-refractivity contribution >= 4 is 23.4 Å². The van der Waals surface area contributed by atoms with Gasteiger partial charge in [0.15, 0.2) is 0 Å². The fourth-order valence-corrected chi connectivity index (χ4v) is 3.33. The molecule has 1 unspecified atom stereocenters. The second-order valence-corrected chi connectivity index (χ2v) is 6.43. The van der Waals surface area contributed by atoms with E-state index in [2.05, 4.69) is 4.90 Å². The van der Waals surface area contributed by atoms with Crippen LogP contribution in [0.15, 0.2) is 24.3 Å². The SMILES string of the molecule is CC(=O)N(CCN1CCOCC1)C1CC(=O)N(c2ccc(F)cc2)C1=O. The molecule has 8 heteroatoms. The molecule has 2 aliphatic heterocycles. The molecule has 0 bridgehead atoms. The number of morpholine rings is 1. The van der Waals surface area contributed by atoms with Crippen LogP contribution >= 0.6 is 0 Å². The van der Waals surface area contributed by atoms with Crippen LogP contribution in [-0.2, 0) is 19.1 Å². The molecule has 0 saturated carbocycles. The summed E-state index contributed by atoms with van der Waals surface area (Å²) in [5.74, 6) is -1.52. The van der Waals surface area contributed by atoms with Gasteiger partial charge in [-0.15, -0.1) is 0 Å². The fraction of sp³-hybridized carbons (Fsp3) is 0.500. The van der Waals surface area contributed by atoms with E-state index in [1.165, 1.54) is 36.1 Å². The zero-order valence-electron chi connectivity index (χ0n) is 14.7. The van der Waals surface area contributed by atoms with E-state index in [4.69, 9.17) is 4.74 Å². The smallest absolute Gasteiger partial charge is 0.257 e. The fourth-order valence-electron chi connectivity index (χ4n) is 3.33. The Kier molecular flexibility index (Phi) is 5.63. The van der Waals surface area contributed by atoms with E-state index in [-0.39, 0.29) is 18.2 Å². The topological polar surface area (TPSA) is 70.2 Å². The Balaban J connectivity index is 1.71. The lowest BCUT2D eigenvalue weighted by Gasteiger charge is -2.31. The van der Waals surface area contributed by atoms with Crippen molar-refractivity contribution in [3.8, 4) is 0 Å². The van der Waals surface area contributed by atoms with Gasteiger partial charge in [0.1, 0.15) is 11.9 Å². The van der Waals surface area contributed by atoms with Gasteiger partial charge in [-0.05, 0) is 24.3 Å². The molecule has 0 N–H and O–H groups in total. The summed E-state index contributed by atoms with van der Waals surface area (Å²) in [6, 6.07) is 4.36. The molecule has 2 heterocycles. The first-order chi connectivity index (χ1) is 12.5. The highest BCUT2D eigenvalue weighted by molar-refractivity contribution is 6.22. The number of hydrogen-bond donors (Lipinski definition) is 0. The number of anilines is 1. The van der Waals surface area contributed by atoms with Gasteiger partial charge in [0.2, 0.25) is 11.8 Å². The quantitative estimate of drug-likeness (QED) is 0.718. The average molecular weight is 363 g/mol. The Morgan fingerprint density at radius 3 is 2.50 bits per heavy atom. The molecule has 7 nitrogen and oxygen atoms in total. The van der Waals surface area contributed by atoms with Gasteiger partial charge in [-0.3, -0.25) is 19.3 Å². The number of nitrogens with zero attached hydrogens (tertiary/aromatic N) is 3. The van der Waals surface area contributed by atoms with Crippen LogP contribution in [-0.4, -0.2) is 73.0 Å². The molecule has 140 valence electrons. The molecule has 3 rings (SSSR count). The zero-order valence-corrected chi connectivity index (χ0v) is 14.7. The van der Waals surface area contributed by atoms with E-state index in [1.54, 1.807) is 0 Å². The number of carbonyl (C=O) groups is 3. The highest BCUT2D eigenvalue weighted by Crippen LogP contribution is 2.26. The normalized spacial score (nSPS) is 21.3. The van der Waals surface area contributed by atoms with E-state index in [0.717, 1.165) is 18.0 Å². The lowest BCUT2D eigenvalue weighted by atomic mass is 10.2. The van der Waals surface area contributed by atoms with Gasteiger partial charge in [0.05, 0.1) is 25.3 Å². The average Bonchev–Trinajstić information content (AvgIpc) is 2.91. The van der Waals surface area contributed by atoms with Crippen molar-refractivity contribution in [1.82, 2.24) is 9.80 Å². The Morgan fingerprint density at radius 1 is 1.23 bits per heavy atom. The molecule has 0 aromatic heterocycles. The highest BCUT2D eigenvalue weighted by Gasteiger charge is 2.43. The van der Waals surface area contributed by atoms with Gasteiger partial charge in [-0.2, -0.15) is 0 Å². The number of rotatable bonds is 5. The standard InChI is InChI=1S/C18H22FN3O4/c1-13(23)21(7-6-20-8-10-26-11-9-20)16-12-17(24)22(18(16)25)15-4-2-14(19)3-5-15/h2-5,16H,6-12H2,1H3. The van der Waals surface area contributed by atoms with Gasteiger partial charge in [0.25, 0.3) is 5.91 Å². The number of halogens is 1. The number of imide groups is 1. The number of benzene rings is 1. The Hall–Kier alpha value is -2.32. The molecule has 2 fully saturated rings. The second-order valence-electron chi connectivity index (χ2n) is 6.43. The third kappa shape index (κ3) is 3.91. The number of ether oxygens (including phenoxy) is 1. The van der Waals surface area contributed by atoms with Gasteiger partial charge in [0, 0.05) is 33.1 Å². The largest absolute Gasteiger partial charge is 0.379 e. The van der Waals surface area contributed by atoms with Gasteiger partial charge >= 0.3 is 0 Å². The number of amides is 3. The van der Waals surface area contributed by atoms with Crippen LogP contribution in [0.1, 0.15) is 13.3 Å². The van der Waals surface area contributed by atoms with E-state index in [9.17, 15) is 18.8 Å². The molecule has 2 aliphatic rings. The minimum absolute atomic E-state index is 0.0566. The van der Waals surface area contributed by atoms with Crippen molar-refractivity contribution in [2.24, 2.45) is 0 Å². The maximum atomic E-state index is 13.1. The molecular weight excluding hydrogens is 341 g/mol. The Labute approximate surface area is 151 Å². The first-order valence-electron chi connectivity index (χ1n) is 8.67. The van der Waals surface area contributed by atoms with Crippen LogP contribution in [0.5, 0.6) is 0 Å². The lowest BCUT2D eigenvalue weighted by molar-refractivity contribution is -0.136. The van der Waals surface area contributed by atoms with Crippen LogP contribution < -0.4 is 4.90 Å². The molecule has 2 saturated heterocycles. The number of carbonyl (C=O) groups excluding carboxylic acids is 3. The molecule has 0 aliphatic carbocycles. The van der Waals surface area contributed by atoms with Crippen molar-refractivity contribution in [2.75, 3.05) is 44.3 Å². The minimum Gasteiger partial charge on any atom is -0.379 e. The van der Waals surface area contributed by atoms with Crippen LogP contribution in [0.2, 0.25) is 0 Å². The molecule has 0 spiro atoms. The van der Waals surface area contributed by atoms with Crippen LogP contribution in [0.3, 0.4) is 0 Å². The third-order valence-electron chi connectivity index (χ3n) is 4.75. The van der Waals surface area contributed by atoms with Crippen LogP contribution in [0.25, 0.3) is 0 Å². The summed E-state index contributed by atoms with van der Waals surface area (Å²) in [5, 5.41) is 0. The monoisotopic (exact) mass is 363 g/mol. The molecule has 1 aromatic carbocycles. The molecule has 1 aromatic rings. The van der Waals surface area contributed by atoms with Crippen molar-refractivity contribution in [2.45, 2.75) is 19.4 Å². The van der Waals surface area contributed by atoms with Crippen LogP contribution in [0, 0.1) is 5.82 Å². The minimum atomic E-state index is -0.814. The first kappa shape index (κ1) is 18.5. The van der Waals surface area contributed by atoms with Crippen molar-refractivity contribution in [3.63, 3.8) is 0 Å². The molecule has 1 atom stereocenters. The highest BCUT2D eigenvalue weighted by atomic mass is 19.1. The summed E-state index contributed by atoms with van der Waals surface area (Å²) in [5.41, 5.74) is 0.320. The summed E-state index contributed by atoms with van der Waals surface area (Å²) in [7, 11) is 0. The number of hydrogen-bond acceptors (Lipinski definition) is 5. The van der Waals surface area contributed by atoms with Crippen molar-refractivity contribution in [1.29, 1.82) is 0 Å². The van der Waals surface area contributed by atoms with Crippen molar-refractivity contribution in [3.05, 3.63) is 30.1 Å². The summed E-state index contributed by atoms with van der Waals surface area (Å²) in [4.78, 5) is 41.9. The molecule has 0 radical (unpaired) electrons. The summed E-state index contributed by atoms with van der Waals surface area (Å²) in [6.07, 6.45) is -0.0566. The third-order valence-corrected chi connectivity index (χ3v) is 4.75.